The van der Waals surface area contributed by atoms with Crippen LogP contribution in [-0.4, -0.2) is 38.0 Å². The van der Waals surface area contributed by atoms with Gasteiger partial charge in [-0.2, -0.15) is 60.6 Å². The number of halogens is 13. The fourth-order valence-corrected chi connectivity index (χ4v) is 15.2. The van der Waals surface area contributed by atoms with Gasteiger partial charge in [0.05, 0.1) is 6.54 Å². The summed E-state index contributed by atoms with van der Waals surface area (Å²) in [5.74, 6) is -15.6. The van der Waals surface area contributed by atoms with Gasteiger partial charge in [-0.1, -0.05) is 196 Å². The van der Waals surface area contributed by atoms with Gasteiger partial charge in [0.2, 0.25) is 0 Å². The largest absolute Gasteiger partial charge is 0.515 e. The van der Waals surface area contributed by atoms with Crippen molar-refractivity contribution in [2.75, 3.05) is 6.54 Å². The van der Waals surface area contributed by atoms with E-state index in [1.807, 2.05) is 0 Å². The third kappa shape index (κ3) is 21.4. The second kappa shape index (κ2) is 31.7. The number of quaternary nitrogens is 1. The zero-order valence-electron chi connectivity index (χ0n) is 38.9. The highest BCUT2D eigenvalue weighted by atomic mass is 27.2. The average Bonchev–Trinajstić information content (AvgIpc) is 3.19. The molecule has 0 aliphatic carbocycles. The van der Waals surface area contributed by atoms with Crippen LogP contribution in [0, 0.1) is 23.4 Å². The summed E-state index contributed by atoms with van der Waals surface area (Å²) in [5.41, 5.74) is -5.49. The van der Waals surface area contributed by atoms with Crippen LogP contribution in [0.2, 0.25) is 21.1 Å². The molecule has 1 N–H and O–H groups in total. The summed E-state index contributed by atoms with van der Waals surface area (Å²) < 4.78 is 175. The van der Waals surface area contributed by atoms with E-state index in [4.69, 9.17) is 0 Å². The number of rotatable bonds is 34. The number of unbranched alkanes of at least 4 members (excludes halogenated alkanes) is 17. The summed E-state index contributed by atoms with van der Waals surface area (Å²) in [5, 5.41) is 6.80. The standard InChI is InChI=1S/C19H20F13N.4C7H15.Al/c1-3-5-6-10(4-2)7-8-33(19(31,32)18(28,29)30)12-9-11(20)14(21)13(15(12)22)16(23,24)17(25,26)27;4*1-3-5-7-6-4-2;/h9-10H,3-8H2,1-2H3;4*1,3-7H2,2H3;/q;;;;;-1/p+1. The van der Waals surface area contributed by atoms with Gasteiger partial charge in [0.15, 0.2) is 23.1 Å². The SMILES string of the molecule is CCCCC(CC)CC[NH+](c1cc(F)c(F)c(C(F)(F)C(F)(F)F)c1F)C(F)(F)C(F)(F)F.CCCCCC[CH2][Al-]([CH2]CCCCCC)([CH2]CCCCCC)[CH2]CCCCCC. The maximum atomic E-state index is 14.6. The first-order valence-corrected chi connectivity index (χ1v) is 27.5. The Balaban J connectivity index is 0.00000121. The molecule has 0 amide bonds. The lowest BCUT2D eigenvalue weighted by atomic mass is 9.95. The Kier molecular flexibility index (Phi) is 31.1. The Morgan fingerprint density at radius 1 is 0.468 bits per heavy atom. The Labute approximate surface area is 368 Å². The van der Waals surface area contributed by atoms with E-state index >= 15 is 0 Å². The van der Waals surface area contributed by atoms with E-state index in [1.54, 1.807) is 60.7 Å². The number of hydrogen-bond donors (Lipinski definition) is 1. The van der Waals surface area contributed by atoms with Crippen molar-refractivity contribution in [3.63, 3.8) is 0 Å². The molecule has 0 heterocycles. The average molecular weight is 934 g/mol. The number of nitrogens with one attached hydrogen (secondary N) is 1. The minimum absolute atomic E-state index is 0.280. The summed E-state index contributed by atoms with van der Waals surface area (Å²) in [6, 6.07) is -6.49. The molecule has 0 saturated heterocycles. The lowest BCUT2D eigenvalue weighted by Crippen LogP contribution is -3.17. The molecule has 1 aromatic rings. The van der Waals surface area contributed by atoms with E-state index in [0.717, 1.165) is 0 Å². The monoisotopic (exact) mass is 934 g/mol. The molecular weight excluding hydrogens is 852 g/mol. The lowest BCUT2D eigenvalue weighted by molar-refractivity contribution is -0.951. The van der Waals surface area contributed by atoms with Crippen molar-refractivity contribution in [2.24, 2.45) is 5.92 Å². The van der Waals surface area contributed by atoms with E-state index in [0.29, 0.717) is 19.3 Å². The van der Waals surface area contributed by atoms with Crippen molar-refractivity contribution in [2.45, 2.75) is 248 Å². The van der Waals surface area contributed by atoms with Crippen molar-refractivity contribution < 1.29 is 62.0 Å². The Morgan fingerprint density at radius 3 is 1.16 bits per heavy atom. The van der Waals surface area contributed by atoms with Crippen LogP contribution in [-0.2, 0) is 5.92 Å². The number of alkyl halides is 10. The van der Waals surface area contributed by atoms with Crippen molar-refractivity contribution in [1.29, 1.82) is 0 Å². The number of benzene rings is 1. The van der Waals surface area contributed by atoms with Gasteiger partial charge < -0.3 is 0 Å². The molecule has 2 unspecified atom stereocenters. The normalized spacial score (nSPS) is 13.9. The minimum atomic E-state index is -6.69. The van der Waals surface area contributed by atoms with E-state index in [9.17, 15) is 57.1 Å². The van der Waals surface area contributed by atoms with E-state index in [1.165, 1.54) is 103 Å². The minimum Gasteiger partial charge on any atom is -0.231 e. The Hall–Kier alpha value is -1.20. The molecule has 0 radical (unpaired) electrons. The van der Waals surface area contributed by atoms with Gasteiger partial charge in [-0.3, -0.25) is 0 Å². The second-order valence-electron chi connectivity index (χ2n) is 18.0. The van der Waals surface area contributed by atoms with Crippen molar-refractivity contribution in [3.8, 4) is 0 Å². The maximum Gasteiger partial charge on any atom is 0.515 e. The molecule has 15 heteroatoms. The summed E-state index contributed by atoms with van der Waals surface area (Å²) in [6.45, 7) is 11.4. The second-order valence-corrected chi connectivity index (χ2v) is 23.8. The molecule has 1 nitrogen and oxygen atoms in total. The molecule has 368 valence electrons. The molecule has 2 atom stereocenters. The summed E-state index contributed by atoms with van der Waals surface area (Å²) in [6.07, 6.45) is 18.0. The highest BCUT2D eigenvalue weighted by Gasteiger charge is 2.68. The molecule has 0 aliphatic rings. The van der Waals surface area contributed by atoms with E-state index < -0.39 is 96.0 Å². The zero-order chi connectivity index (χ0) is 47.5. The third-order valence-corrected chi connectivity index (χ3v) is 19.4. The van der Waals surface area contributed by atoms with Crippen LogP contribution in [0.1, 0.15) is 208 Å². The van der Waals surface area contributed by atoms with Crippen LogP contribution in [0.15, 0.2) is 6.07 Å². The molecule has 1 rings (SSSR count). The quantitative estimate of drug-likeness (QED) is 0.0231. The van der Waals surface area contributed by atoms with E-state index in [-0.39, 0.29) is 6.42 Å². The van der Waals surface area contributed by atoms with Gasteiger partial charge in [0.1, 0.15) is 18.6 Å². The highest BCUT2D eigenvalue weighted by molar-refractivity contribution is 6.79. The van der Waals surface area contributed by atoms with Crippen LogP contribution in [0.3, 0.4) is 0 Å². The summed E-state index contributed by atoms with van der Waals surface area (Å²) >= 11 is -1.38. The van der Waals surface area contributed by atoms with Crippen molar-refractivity contribution in [1.82, 2.24) is 0 Å². The fraction of sp³-hybridized carbons (Fsp3) is 0.872. The van der Waals surface area contributed by atoms with Crippen LogP contribution in [0.25, 0.3) is 0 Å². The van der Waals surface area contributed by atoms with Crippen LogP contribution >= 0.6 is 0 Å². The van der Waals surface area contributed by atoms with Gasteiger partial charge >= 0.3 is 24.3 Å². The van der Waals surface area contributed by atoms with Gasteiger partial charge in [0, 0.05) is 6.07 Å². The lowest BCUT2D eigenvalue weighted by Gasteiger charge is -2.37. The summed E-state index contributed by atoms with van der Waals surface area (Å²) in [4.78, 5) is -2.26. The molecule has 0 bridgehead atoms. The van der Waals surface area contributed by atoms with Gasteiger partial charge in [-0.05, 0) is 12.3 Å². The molecular formula is C47H81AlF13N. The van der Waals surface area contributed by atoms with Gasteiger partial charge in [-0.15, -0.1) is 8.78 Å². The maximum absolute atomic E-state index is 14.6. The molecule has 62 heavy (non-hydrogen) atoms. The van der Waals surface area contributed by atoms with Gasteiger partial charge in [0.25, 0.3) is 0 Å². The summed E-state index contributed by atoms with van der Waals surface area (Å²) in [7, 11) is 0. The molecule has 0 aromatic heterocycles. The molecule has 1 aromatic carbocycles. The Bertz CT molecular complexity index is 1220. The molecule has 0 aliphatic heterocycles. The topological polar surface area (TPSA) is 4.44 Å². The fourth-order valence-electron chi connectivity index (χ4n) is 8.86. The molecule has 0 saturated carbocycles. The predicted molar refractivity (Wildman–Crippen MR) is 231 cm³/mol. The first-order chi connectivity index (χ1) is 29.1. The van der Waals surface area contributed by atoms with Crippen LogP contribution < -0.4 is 4.90 Å². The highest BCUT2D eigenvalue weighted by Crippen LogP contribution is 2.47. The Morgan fingerprint density at radius 2 is 0.839 bits per heavy atom. The van der Waals surface area contributed by atoms with Crippen molar-refractivity contribution >= 4 is 18.8 Å². The van der Waals surface area contributed by atoms with Crippen LogP contribution in [0.4, 0.5) is 62.8 Å². The molecule has 0 fully saturated rings. The third-order valence-electron chi connectivity index (χ3n) is 12.9. The molecule has 0 spiro atoms. The smallest absolute Gasteiger partial charge is 0.231 e. The number of hydrogen-bond acceptors (Lipinski definition) is 0. The van der Waals surface area contributed by atoms with Gasteiger partial charge in [-0.25, -0.2) is 13.7 Å². The van der Waals surface area contributed by atoms with Crippen LogP contribution in [0.5, 0.6) is 0 Å². The van der Waals surface area contributed by atoms with Crippen molar-refractivity contribution in [3.05, 3.63) is 29.1 Å². The first kappa shape index (κ1) is 60.8. The first-order valence-electron chi connectivity index (χ1n) is 24.2. The zero-order valence-corrected chi connectivity index (χ0v) is 40.0. The van der Waals surface area contributed by atoms with E-state index in [2.05, 4.69) is 27.7 Å². The predicted octanol–water partition coefficient (Wildman–Crippen LogP) is 18.4.